The molecule has 1 aromatic carbocycles. The third-order valence-electron chi connectivity index (χ3n) is 3.40. The maximum absolute atomic E-state index is 13.5. The van der Waals surface area contributed by atoms with Crippen molar-refractivity contribution in [2.75, 3.05) is 18.4 Å². The average molecular weight is 266 g/mol. The number of benzene rings is 1. The van der Waals surface area contributed by atoms with Crippen molar-refractivity contribution in [2.45, 2.75) is 6.92 Å². The molecule has 1 aliphatic rings. The van der Waals surface area contributed by atoms with Crippen LogP contribution in [0.5, 0.6) is 0 Å². The van der Waals surface area contributed by atoms with Gasteiger partial charge < -0.3 is 15.7 Å². The molecule has 1 unspecified atom stereocenters. The van der Waals surface area contributed by atoms with Crippen LogP contribution in [0, 0.1) is 17.7 Å². The number of carboxylic acid groups (broad SMARTS) is 1. The van der Waals surface area contributed by atoms with Crippen LogP contribution in [0.4, 0.5) is 10.1 Å². The fraction of sp³-hybridized carbons (Fsp3) is 0.385. The number of hydrogen-bond donors (Lipinski definition) is 3. The minimum absolute atomic E-state index is 0.0605. The van der Waals surface area contributed by atoms with E-state index in [-0.39, 0.29) is 29.0 Å². The minimum atomic E-state index is -1.16. The Hall–Kier alpha value is -1.95. The van der Waals surface area contributed by atoms with Crippen molar-refractivity contribution in [3.8, 4) is 0 Å². The summed E-state index contributed by atoms with van der Waals surface area (Å²) in [6, 6.07) is 3.32. The van der Waals surface area contributed by atoms with Gasteiger partial charge in [0.15, 0.2) is 0 Å². The Morgan fingerprint density at radius 1 is 1.47 bits per heavy atom. The summed E-state index contributed by atoms with van der Waals surface area (Å²) in [7, 11) is 0. The molecule has 1 heterocycles. The lowest BCUT2D eigenvalue weighted by Gasteiger charge is -2.31. The second-order valence-corrected chi connectivity index (χ2v) is 4.70. The van der Waals surface area contributed by atoms with E-state index in [0.29, 0.717) is 0 Å². The number of aromatic carboxylic acids is 1. The quantitative estimate of drug-likeness (QED) is 0.768. The zero-order valence-electron chi connectivity index (χ0n) is 10.4. The number of carbonyl (C=O) groups is 2. The fourth-order valence-corrected chi connectivity index (χ4v) is 1.88. The minimum Gasteiger partial charge on any atom is -0.478 e. The monoisotopic (exact) mass is 266 g/mol. The van der Waals surface area contributed by atoms with Gasteiger partial charge in [0.2, 0.25) is 5.91 Å². The van der Waals surface area contributed by atoms with Gasteiger partial charge in [-0.1, -0.05) is 6.92 Å². The highest BCUT2D eigenvalue weighted by Crippen LogP contribution is 2.21. The molecule has 5 nitrogen and oxygen atoms in total. The van der Waals surface area contributed by atoms with Crippen LogP contribution in [-0.2, 0) is 4.79 Å². The third kappa shape index (κ3) is 2.90. The molecular weight excluding hydrogens is 251 g/mol. The molecule has 0 saturated carbocycles. The molecule has 19 heavy (non-hydrogen) atoms. The predicted molar refractivity (Wildman–Crippen MR) is 67.5 cm³/mol. The van der Waals surface area contributed by atoms with Gasteiger partial charge in [-0.15, -0.1) is 0 Å². The smallest absolute Gasteiger partial charge is 0.335 e. The molecule has 6 heteroatoms. The van der Waals surface area contributed by atoms with Crippen molar-refractivity contribution in [2.24, 2.45) is 11.8 Å². The average Bonchev–Trinajstić information content (AvgIpc) is 2.29. The number of carbonyl (C=O) groups excluding carboxylic acids is 1. The van der Waals surface area contributed by atoms with E-state index in [2.05, 4.69) is 10.6 Å². The van der Waals surface area contributed by atoms with Gasteiger partial charge in [0.05, 0.1) is 11.3 Å². The molecular formula is C13H15FN2O3. The Morgan fingerprint density at radius 3 is 2.68 bits per heavy atom. The number of carboxylic acids is 1. The van der Waals surface area contributed by atoms with Crippen LogP contribution in [0.1, 0.15) is 17.3 Å². The lowest BCUT2D eigenvalue weighted by Crippen LogP contribution is -2.48. The summed E-state index contributed by atoms with van der Waals surface area (Å²) in [5, 5.41) is 14.3. The summed E-state index contributed by atoms with van der Waals surface area (Å²) in [6.07, 6.45) is 0. The lowest BCUT2D eigenvalue weighted by molar-refractivity contribution is -0.121. The van der Waals surface area contributed by atoms with Gasteiger partial charge in [0.25, 0.3) is 0 Å². The van der Waals surface area contributed by atoms with Crippen molar-refractivity contribution in [3.05, 3.63) is 29.6 Å². The van der Waals surface area contributed by atoms with Gasteiger partial charge in [-0.25, -0.2) is 9.18 Å². The Kier molecular flexibility index (Phi) is 3.80. The maximum Gasteiger partial charge on any atom is 0.335 e. The largest absolute Gasteiger partial charge is 0.478 e. The molecule has 0 bridgehead atoms. The van der Waals surface area contributed by atoms with Crippen LogP contribution in [0.25, 0.3) is 0 Å². The zero-order chi connectivity index (χ0) is 14.0. The number of anilines is 1. The van der Waals surface area contributed by atoms with Gasteiger partial charge in [-0.3, -0.25) is 4.79 Å². The highest BCUT2D eigenvalue weighted by molar-refractivity contribution is 5.95. The Labute approximate surface area is 109 Å². The van der Waals surface area contributed by atoms with E-state index in [9.17, 15) is 14.0 Å². The van der Waals surface area contributed by atoms with E-state index in [0.717, 1.165) is 31.3 Å². The van der Waals surface area contributed by atoms with Crippen molar-refractivity contribution < 1.29 is 19.1 Å². The van der Waals surface area contributed by atoms with E-state index in [1.165, 1.54) is 0 Å². The molecule has 0 spiro atoms. The summed E-state index contributed by atoms with van der Waals surface area (Å²) in [5.41, 5.74) is -0.154. The summed E-state index contributed by atoms with van der Waals surface area (Å²) in [6.45, 7) is 3.32. The molecule has 102 valence electrons. The molecule has 0 aliphatic carbocycles. The van der Waals surface area contributed by atoms with Crippen molar-refractivity contribution >= 4 is 17.6 Å². The Balaban J connectivity index is 2.11. The second-order valence-electron chi connectivity index (χ2n) is 4.70. The molecule has 1 amide bonds. The molecule has 3 N–H and O–H groups in total. The first-order valence-electron chi connectivity index (χ1n) is 6.03. The standard InChI is InChI=1S/C13H15FN2O3/c1-7(9-5-15-6-9)12(17)16-11-4-8(13(18)19)2-3-10(11)14/h2-4,7,9,15H,5-6H2,1H3,(H,16,17)(H,18,19). The van der Waals surface area contributed by atoms with Gasteiger partial charge in [-0.05, 0) is 37.2 Å². The molecule has 1 saturated heterocycles. The van der Waals surface area contributed by atoms with E-state index < -0.39 is 11.8 Å². The first kappa shape index (κ1) is 13.5. The van der Waals surface area contributed by atoms with Gasteiger partial charge >= 0.3 is 5.97 Å². The molecule has 2 rings (SSSR count). The molecule has 1 atom stereocenters. The van der Waals surface area contributed by atoms with E-state index in [1.54, 1.807) is 6.92 Å². The SMILES string of the molecule is CC(C(=O)Nc1cc(C(=O)O)ccc1F)C1CNC1. The number of rotatable bonds is 4. The highest BCUT2D eigenvalue weighted by Gasteiger charge is 2.29. The summed E-state index contributed by atoms with van der Waals surface area (Å²) >= 11 is 0. The molecule has 1 aliphatic heterocycles. The molecule has 0 aromatic heterocycles. The van der Waals surface area contributed by atoms with Crippen LogP contribution < -0.4 is 10.6 Å². The van der Waals surface area contributed by atoms with Crippen LogP contribution >= 0.6 is 0 Å². The van der Waals surface area contributed by atoms with E-state index in [4.69, 9.17) is 5.11 Å². The first-order chi connectivity index (χ1) is 8.99. The fourth-order valence-electron chi connectivity index (χ4n) is 1.88. The van der Waals surface area contributed by atoms with Crippen molar-refractivity contribution in [1.29, 1.82) is 0 Å². The second kappa shape index (κ2) is 5.36. The van der Waals surface area contributed by atoms with Gasteiger partial charge in [0, 0.05) is 5.92 Å². The Morgan fingerprint density at radius 2 is 2.16 bits per heavy atom. The molecule has 1 fully saturated rings. The van der Waals surface area contributed by atoms with Crippen LogP contribution in [0.15, 0.2) is 18.2 Å². The summed E-state index contributed by atoms with van der Waals surface area (Å²) in [4.78, 5) is 22.7. The first-order valence-corrected chi connectivity index (χ1v) is 6.03. The number of nitrogens with one attached hydrogen (secondary N) is 2. The lowest BCUT2D eigenvalue weighted by atomic mass is 9.88. The van der Waals surface area contributed by atoms with Gasteiger partial charge in [0.1, 0.15) is 5.82 Å². The predicted octanol–water partition coefficient (Wildman–Crippen LogP) is 1.32. The topological polar surface area (TPSA) is 78.4 Å². The van der Waals surface area contributed by atoms with Crippen LogP contribution in [-0.4, -0.2) is 30.1 Å². The van der Waals surface area contributed by atoms with Crippen LogP contribution in [0.3, 0.4) is 0 Å². The van der Waals surface area contributed by atoms with E-state index in [1.807, 2.05) is 0 Å². The van der Waals surface area contributed by atoms with E-state index >= 15 is 0 Å². The van der Waals surface area contributed by atoms with Crippen LogP contribution in [0.2, 0.25) is 0 Å². The van der Waals surface area contributed by atoms with Crippen molar-refractivity contribution in [3.63, 3.8) is 0 Å². The molecule has 0 radical (unpaired) electrons. The summed E-state index contributed by atoms with van der Waals surface area (Å²) in [5.74, 6) is -2.10. The molecule has 1 aromatic rings. The zero-order valence-corrected chi connectivity index (χ0v) is 10.4. The maximum atomic E-state index is 13.5. The number of hydrogen-bond acceptors (Lipinski definition) is 3. The highest BCUT2D eigenvalue weighted by atomic mass is 19.1. The summed E-state index contributed by atoms with van der Waals surface area (Å²) < 4.78 is 13.5. The Bertz CT molecular complexity index is 515. The number of halogens is 1. The van der Waals surface area contributed by atoms with Crippen molar-refractivity contribution in [1.82, 2.24) is 5.32 Å². The van der Waals surface area contributed by atoms with Gasteiger partial charge in [-0.2, -0.15) is 0 Å². The third-order valence-corrected chi connectivity index (χ3v) is 3.40. The normalized spacial score (nSPS) is 16.5. The number of amides is 1.